The van der Waals surface area contributed by atoms with Crippen molar-refractivity contribution in [2.75, 3.05) is 26.7 Å². The predicted octanol–water partition coefficient (Wildman–Crippen LogP) is 1.13. The second-order valence-corrected chi connectivity index (χ2v) is 9.62. The first-order valence-electron chi connectivity index (χ1n) is 12.3. The Morgan fingerprint density at radius 1 is 1.00 bits per heavy atom. The average Bonchev–Trinajstić information content (AvgIpc) is 3.25. The Labute approximate surface area is 195 Å². The van der Waals surface area contributed by atoms with Crippen molar-refractivity contribution >= 4 is 17.7 Å². The molecule has 3 heterocycles. The summed E-state index contributed by atoms with van der Waals surface area (Å²) in [6.45, 7) is 1.96. The summed E-state index contributed by atoms with van der Waals surface area (Å²) in [5, 5.41) is 13.6. The Morgan fingerprint density at radius 2 is 1.76 bits per heavy atom. The van der Waals surface area contributed by atoms with E-state index in [9.17, 15) is 19.5 Å². The lowest BCUT2D eigenvalue weighted by Crippen LogP contribution is -2.58. The van der Waals surface area contributed by atoms with Gasteiger partial charge in [-0.3, -0.25) is 14.4 Å². The van der Waals surface area contributed by atoms with Crippen molar-refractivity contribution in [1.29, 1.82) is 0 Å². The second kappa shape index (κ2) is 10.7. The molecule has 3 amide bonds. The maximum absolute atomic E-state index is 13.7. The number of carbonyl (C=O) groups excluding carboxylic acids is 3. The molecular weight excluding hydrogens is 420 g/mol. The molecule has 8 nitrogen and oxygen atoms in total. The number of carbonyl (C=O) groups is 3. The molecule has 0 unspecified atom stereocenters. The van der Waals surface area contributed by atoms with Gasteiger partial charge < -0.3 is 25.1 Å². The number of piperidine rings is 2. The number of rotatable bonds is 5. The third kappa shape index (κ3) is 5.38. The first kappa shape index (κ1) is 23.7. The number of nitrogens with zero attached hydrogens (tertiary/aromatic N) is 3. The average molecular weight is 457 g/mol. The fraction of sp³-hybridized carbons (Fsp3) is 0.640. The highest BCUT2D eigenvalue weighted by molar-refractivity contribution is 5.93. The minimum absolute atomic E-state index is 0.0720. The summed E-state index contributed by atoms with van der Waals surface area (Å²) in [4.78, 5) is 45.1. The molecule has 1 aromatic carbocycles. The van der Waals surface area contributed by atoms with Crippen molar-refractivity contribution < 1.29 is 19.5 Å². The van der Waals surface area contributed by atoms with Crippen molar-refractivity contribution in [1.82, 2.24) is 20.0 Å². The zero-order chi connectivity index (χ0) is 23.4. The lowest BCUT2D eigenvalue weighted by Gasteiger charge is -2.40. The fourth-order valence-electron chi connectivity index (χ4n) is 5.39. The van der Waals surface area contributed by atoms with Crippen LogP contribution in [0.25, 0.3) is 0 Å². The van der Waals surface area contributed by atoms with E-state index in [2.05, 4.69) is 5.32 Å². The molecule has 1 aromatic rings. The molecule has 180 valence electrons. The summed E-state index contributed by atoms with van der Waals surface area (Å²) in [5.41, 5.74) is 1.04. The highest BCUT2D eigenvalue weighted by atomic mass is 16.3. The van der Waals surface area contributed by atoms with E-state index >= 15 is 0 Å². The van der Waals surface area contributed by atoms with Gasteiger partial charge in [0.05, 0.1) is 12.1 Å². The molecule has 0 radical (unpaired) electrons. The van der Waals surface area contributed by atoms with Crippen LogP contribution in [0.15, 0.2) is 30.3 Å². The second-order valence-electron chi connectivity index (χ2n) is 9.62. The van der Waals surface area contributed by atoms with Crippen molar-refractivity contribution in [2.45, 2.75) is 75.7 Å². The summed E-state index contributed by atoms with van der Waals surface area (Å²) in [6.07, 6.45) is 4.64. The van der Waals surface area contributed by atoms with Gasteiger partial charge in [0.2, 0.25) is 17.7 Å². The predicted molar refractivity (Wildman–Crippen MR) is 124 cm³/mol. The number of hydrogen-bond acceptors (Lipinski definition) is 5. The van der Waals surface area contributed by atoms with Gasteiger partial charge in [-0.1, -0.05) is 36.8 Å². The molecule has 3 fully saturated rings. The molecular formula is C25H36N4O4. The number of aliphatic hydroxyl groups is 1. The molecule has 3 aliphatic heterocycles. The zero-order valence-corrected chi connectivity index (χ0v) is 19.5. The molecule has 2 N–H and O–H groups in total. The number of nitrogens with one attached hydrogen (secondary N) is 1. The van der Waals surface area contributed by atoms with Gasteiger partial charge in [-0.05, 0) is 44.2 Å². The maximum Gasteiger partial charge on any atom is 0.246 e. The molecule has 3 aliphatic rings. The zero-order valence-electron chi connectivity index (χ0n) is 19.5. The molecule has 0 saturated carbocycles. The van der Waals surface area contributed by atoms with E-state index in [1.54, 1.807) is 21.7 Å². The number of benzene rings is 1. The molecule has 0 bridgehead atoms. The fourth-order valence-corrected chi connectivity index (χ4v) is 5.39. The van der Waals surface area contributed by atoms with Gasteiger partial charge >= 0.3 is 0 Å². The van der Waals surface area contributed by atoms with E-state index in [1.165, 1.54) is 0 Å². The van der Waals surface area contributed by atoms with Gasteiger partial charge in [-0.15, -0.1) is 0 Å². The van der Waals surface area contributed by atoms with Crippen molar-refractivity contribution in [3.8, 4) is 0 Å². The summed E-state index contributed by atoms with van der Waals surface area (Å²) in [7, 11) is 1.77. The van der Waals surface area contributed by atoms with E-state index in [4.69, 9.17) is 0 Å². The number of aliphatic hydroxyl groups excluding tert-OH is 1. The highest BCUT2D eigenvalue weighted by Crippen LogP contribution is 2.27. The Morgan fingerprint density at radius 3 is 2.48 bits per heavy atom. The normalized spacial score (nSPS) is 27.9. The van der Waals surface area contributed by atoms with Crippen LogP contribution in [-0.4, -0.2) is 88.4 Å². The number of hydrogen-bond donors (Lipinski definition) is 2. The molecule has 4 atom stereocenters. The lowest BCUT2D eigenvalue weighted by atomic mass is 9.98. The Kier molecular flexibility index (Phi) is 7.65. The maximum atomic E-state index is 13.7. The van der Waals surface area contributed by atoms with Crippen LogP contribution in [0.4, 0.5) is 0 Å². The molecule has 3 saturated heterocycles. The van der Waals surface area contributed by atoms with E-state index in [-0.39, 0.29) is 36.7 Å². The van der Waals surface area contributed by atoms with Crippen LogP contribution in [0.3, 0.4) is 0 Å². The van der Waals surface area contributed by atoms with Gasteiger partial charge in [-0.25, -0.2) is 0 Å². The van der Waals surface area contributed by atoms with Gasteiger partial charge in [0, 0.05) is 33.1 Å². The molecule has 8 heteroatoms. The van der Waals surface area contributed by atoms with Gasteiger partial charge in [0.15, 0.2) is 0 Å². The smallest absolute Gasteiger partial charge is 0.246 e. The van der Waals surface area contributed by atoms with E-state index in [0.29, 0.717) is 19.5 Å². The molecule has 0 aromatic heterocycles. The first-order valence-corrected chi connectivity index (χ1v) is 12.3. The SMILES string of the molecule is CN(Cc1ccccc1)C(=O)[C@@H]1CCCCN1C(=O)[C@@H]1C[C@@H](O)CN1C(=O)[C@@H]1CCCCN1. The molecule has 0 aliphatic carbocycles. The first-order chi connectivity index (χ1) is 16.0. The number of β-amino-alcohol motifs (C(OH)–C–C–N with tert-alkyl or cyclic N) is 1. The van der Waals surface area contributed by atoms with E-state index in [1.807, 2.05) is 30.3 Å². The van der Waals surface area contributed by atoms with Crippen LogP contribution in [0.2, 0.25) is 0 Å². The van der Waals surface area contributed by atoms with Crippen LogP contribution in [0.1, 0.15) is 50.5 Å². The van der Waals surface area contributed by atoms with Crippen LogP contribution in [0.5, 0.6) is 0 Å². The number of likely N-dealkylation sites (tertiary alicyclic amines) is 2. The highest BCUT2D eigenvalue weighted by Gasteiger charge is 2.45. The van der Waals surface area contributed by atoms with Gasteiger partial charge in [-0.2, -0.15) is 0 Å². The summed E-state index contributed by atoms with van der Waals surface area (Å²) < 4.78 is 0. The van der Waals surface area contributed by atoms with Gasteiger partial charge in [0.1, 0.15) is 12.1 Å². The Bertz CT molecular complexity index is 842. The van der Waals surface area contributed by atoms with Crippen molar-refractivity contribution in [2.24, 2.45) is 0 Å². The Balaban J connectivity index is 1.47. The molecule has 4 rings (SSSR count). The quantitative estimate of drug-likeness (QED) is 0.693. The van der Waals surface area contributed by atoms with Crippen LogP contribution >= 0.6 is 0 Å². The number of amides is 3. The Hall–Kier alpha value is -2.45. The van der Waals surface area contributed by atoms with Crippen LogP contribution < -0.4 is 5.32 Å². The minimum atomic E-state index is -0.716. The summed E-state index contributed by atoms with van der Waals surface area (Å²) >= 11 is 0. The minimum Gasteiger partial charge on any atom is -0.391 e. The summed E-state index contributed by atoms with van der Waals surface area (Å²) in [6, 6.07) is 8.28. The van der Waals surface area contributed by atoms with Crippen LogP contribution in [0, 0.1) is 0 Å². The van der Waals surface area contributed by atoms with E-state index in [0.717, 1.165) is 44.2 Å². The topological polar surface area (TPSA) is 93.2 Å². The monoisotopic (exact) mass is 456 g/mol. The number of likely N-dealkylation sites (N-methyl/N-ethyl adjacent to an activating group) is 1. The third-order valence-corrected chi connectivity index (χ3v) is 7.17. The third-order valence-electron chi connectivity index (χ3n) is 7.17. The standard InChI is InChI=1S/C25H36N4O4/c1-27(16-18-9-3-2-4-10-18)24(32)21-12-6-8-14-28(21)25(33)22-15-19(30)17-29(22)23(31)20-11-5-7-13-26-20/h2-4,9-10,19-22,26,30H,5-8,11-17H2,1H3/t19-,20+,21+,22+/m1/s1. The lowest BCUT2D eigenvalue weighted by molar-refractivity contribution is -0.152. The van der Waals surface area contributed by atoms with Crippen molar-refractivity contribution in [3.63, 3.8) is 0 Å². The summed E-state index contributed by atoms with van der Waals surface area (Å²) in [5.74, 6) is -0.384. The molecule has 33 heavy (non-hydrogen) atoms. The van der Waals surface area contributed by atoms with Crippen molar-refractivity contribution in [3.05, 3.63) is 35.9 Å². The van der Waals surface area contributed by atoms with Gasteiger partial charge in [0.25, 0.3) is 0 Å². The largest absolute Gasteiger partial charge is 0.391 e. The van der Waals surface area contributed by atoms with E-state index < -0.39 is 18.2 Å². The molecule has 0 spiro atoms. The van der Waals surface area contributed by atoms with Crippen LogP contribution in [-0.2, 0) is 20.9 Å².